The number of hydrogen-bond acceptors (Lipinski definition) is 2. The molecule has 3 aromatic rings. The maximum Gasteiger partial charge on any atom is 0.197 e. The molecular weight excluding hydrogens is 316 g/mol. The molecule has 0 saturated carbocycles. The Balaban J connectivity index is 2.17. The lowest BCUT2D eigenvalue weighted by Crippen LogP contribution is -2.05. The zero-order valence-corrected chi connectivity index (χ0v) is 12.5. The fourth-order valence-corrected chi connectivity index (χ4v) is 2.65. The van der Waals surface area contributed by atoms with Gasteiger partial charge in [0, 0.05) is 38.4 Å². The number of anilines is 1. The van der Waals surface area contributed by atoms with Gasteiger partial charge in [0.1, 0.15) is 0 Å². The fraction of sp³-hybridized carbons (Fsp3) is 0.0625. The average Bonchev–Trinajstić information content (AvgIpc) is 2.83. The van der Waals surface area contributed by atoms with Crippen molar-refractivity contribution in [1.82, 2.24) is 4.98 Å². The molecule has 3 rings (SSSR count). The number of aryl methyl sites for hydroxylation is 1. The van der Waals surface area contributed by atoms with Crippen molar-refractivity contribution in [2.75, 3.05) is 5.73 Å². The Bertz CT molecular complexity index is 820. The average molecular weight is 329 g/mol. The lowest BCUT2D eigenvalue weighted by molar-refractivity contribution is 0.104. The maximum absolute atomic E-state index is 12.7. The minimum atomic E-state index is -0.0597. The highest BCUT2D eigenvalue weighted by atomic mass is 79.9. The van der Waals surface area contributed by atoms with Crippen LogP contribution in [-0.4, -0.2) is 10.8 Å². The molecule has 0 atom stereocenters. The summed E-state index contributed by atoms with van der Waals surface area (Å²) in [4.78, 5) is 15.8. The van der Waals surface area contributed by atoms with Crippen molar-refractivity contribution in [2.45, 2.75) is 6.92 Å². The highest BCUT2D eigenvalue weighted by molar-refractivity contribution is 9.10. The van der Waals surface area contributed by atoms with Gasteiger partial charge in [-0.05, 0) is 37.3 Å². The Morgan fingerprint density at radius 1 is 1.15 bits per heavy atom. The molecule has 20 heavy (non-hydrogen) atoms. The zero-order valence-electron chi connectivity index (χ0n) is 10.9. The molecule has 0 bridgehead atoms. The van der Waals surface area contributed by atoms with Crippen molar-refractivity contribution < 1.29 is 4.79 Å². The fourth-order valence-electron chi connectivity index (χ4n) is 2.29. The zero-order chi connectivity index (χ0) is 14.3. The molecule has 0 aliphatic carbocycles. The van der Waals surface area contributed by atoms with Crippen LogP contribution >= 0.6 is 15.9 Å². The third kappa shape index (κ3) is 2.12. The van der Waals surface area contributed by atoms with Gasteiger partial charge >= 0.3 is 0 Å². The van der Waals surface area contributed by atoms with E-state index in [0.717, 1.165) is 20.9 Å². The van der Waals surface area contributed by atoms with E-state index in [1.807, 2.05) is 37.3 Å². The molecule has 100 valence electrons. The number of halogens is 1. The van der Waals surface area contributed by atoms with Gasteiger partial charge < -0.3 is 10.7 Å². The maximum atomic E-state index is 12.7. The molecule has 0 amide bonds. The smallest absolute Gasteiger partial charge is 0.197 e. The van der Waals surface area contributed by atoms with Crippen LogP contribution in [-0.2, 0) is 0 Å². The van der Waals surface area contributed by atoms with Crippen LogP contribution in [0.25, 0.3) is 10.9 Å². The molecule has 1 heterocycles. The van der Waals surface area contributed by atoms with E-state index in [0.29, 0.717) is 16.8 Å². The van der Waals surface area contributed by atoms with Gasteiger partial charge in [-0.2, -0.15) is 0 Å². The summed E-state index contributed by atoms with van der Waals surface area (Å²) in [5, 5.41) is 0.894. The Labute approximate surface area is 124 Å². The van der Waals surface area contributed by atoms with Crippen molar-refractivity contribution in [3.05, 3.63) is 63.8 Å². The first-order valence-electron chi connectivity index (χ1n) is 6.24. The Morgan fingerprint density at radius 2 is 1.95 bits per heavy atom. The van der Waals surface area contributed by atoms with E-state index in [1.54, 1.807) is 12.3 Å². The molecule has 0 aliphatic rings. The molecule has 0 radical (unpaired) electrons. The second-order valence-electron chi connectivity index (χ2n) is 4.81. The number of aromatic amines is 1. The van der Waals surface area contributed by atoms with Gasteiger partial charge in [-0.1, -0.05) is 27.6 Å². The van der Waals surface area contributed by atoms with Crippen LogP contribution in [0.3, 0.4) is 0 Å². The minimum absolute atomic E-state index is 0.0597. The van der Waals surface area contributed by atoms with Crippen molar-refractivity contribution in [3.8, 4) is 0 Å². The minimum Gasteiger partial charge on any atom is -0.398 e. The third-order valence-corrected chi connectivity index (χ3v) is 3.84. The topological polar surface area (TPSA) is 58.9 Å². The number of ketones is 1. The van der Waals surface area contributed by atoms with Crippen molar-refractivity contribution in [1.29, 1.82) is 0 Å². The van der Waals surface area contributed by atoms with E-state index < -0.39 is 0 Å². The van der Waals surface area contributed by atoms with Gasteiger partial charge in [0.25, 0.3) is 0 Å². The number of H-pyrrole nitrogens is 1. The van der Waals surface area contributed by atoms with Crippen LogP contribution in [0.5, 0.6) is 0 Å². The molecular formula is C16H13BrN2O. The van der Waals surface area contributed by atoms with Crippen LogP contribution in [0.4, 0.5) is 5.69 Å². The lowest BCUT2D eigenvalue weighted by Gasteiger charge is -2.05. The monoisotopic (exact) mass is 328 g/mol. The molecule has 3 nitrogen and oxygen atoms in total. The molecule has 0 fully saturated rings. The van der Waals surface area contributed by atoms with Crippen LogP contribution in [0, 0.1) is 6.92 Å². The first-order valence-corrected chi connectivity index (χ1v) is 7.03. The number of aromatic nitrogens is 1. The number of rotatable bonds is 2. The molecule has 2 aromatic carbocycles. The second kappa shape index (κ2) is 4.80. The van der Waals surface area contributed by atoms with Crippen LogP contribution in [0.1, 0.15) is 21.5 Å². The third-order valence-electron chi connectivity index (χ3n) is 3.34. The van der Waals surface area contributed by atoms with E-state index in [2.05, 4.69) is 20.9 Å². The normalized spacial score (nSPS) is 10.9. The summed E-state index contributed by atoms with van der Waals surface area (Å²) < 4.78 is 0.941. The number of fused-ring (bicyclic) bond motifs is 1. The summed E-state index contributed by atoms with van der Waals surface area (Å²) in [5.74, 6) is -0.0597. The van der Waals surface area contributed by atoms with Crippen LogP contribution in [0.2, 0.25) is 0 Å². The highest BCUT2D eigenvalue weighted by Gasteiger charge is 2.16. The Hall–Kier alpha value is -2.07. The highest BCUT2D eigenvalue weighted by Crippen LogP contribution is 2.26. The summed E-state index contributed by atoms with van der Waals surface area (Å²) in [6, 6.07) is 11.3. The summed E-state index contributed by atoms with van der Waals surface area (Å²) in [5.41, 5.74) is 9.57. The molecule has 0 spiro atoms. The summed E-state index contributed by atoms with van der Waals surface area (Å²) in [7, 11) is 0. The lowest BCUT2D eigenvalue weighted by atomic mass is 9.99. The Morgan fingerprint density at radius 3 is 2.75 bits per heavy atom. The standard InChI is InChI=1S/C16H13BrN2O/c1-9-2-4-14(18)12(6-9)16(20)13-8-19-15-5-3-10(17)7-11(13)15/h2-8,19H,18H2,1H3. The van der Waals surface area contributed by atoms with E-state index in [1.165, 1.54) is 0 Å². The molecule has 0 aliphatic heterocycles. The largest absolute Gasteiger partial charge is 0.398 e. The van der Waals surface area contributed by atoms with E-state index >= 15 is 0 Å². The van der Waals surface area contributed by atoms with Gasteiger partial charge in [0.2, 0.25) is 0 Å². The van der Waals surface area contributed by atoms with Crippen LogP contribution in [0.15, 0.2) is 47.1 Å². The van der Waals surface area contributed by atoms with E-state index in [9.17, 15) is 4.79 Å². The predicted molar refractivity (Wildman–Crippen MR) is 85.0 cm³/mol. The van der Waals surface area contributed by atoms with Crippen LogP contribution < -0.4 is 5.73 Å². The SMILES string of the molecule is Cc1ccc(N)c(C(=O)c2c[nH]c3ccc(Br)cc23)c1. The van der Waals surface area contributed by atoms with Gasteiger partial charge in [0.05, 0.1) is 0 Å². The van der Waals surface area contributed by atoms with Crippen molar-refractivity contribution in [3.63, 3.8) is 0 Å². The van der Waals surface area contributed by atoms with Gasteiger partial charge in [-0.25, -0.2) is 0 Å². The summed E-state index contributed by atoms with van der Waals surface area (Å²) >= 11 is 3.43. The first-order chi connectivity index (χ1) is 9.56. The number of carbonyl (C=O) groups excluding carboxylic acids is 1. The number of nitrogens with one attached hydrogen (secondary N) is 1. The number of carbonyl (C=O) groups is 1. The summed E-state index contributed by atoms with van der Waals surface area (Å²) in [6.07, 6.45) is 1.74. The first kappa shape index (κ1) is 12.9. The number of nitrogen functional groups attached to an aromatic ring is 1. The van der Waals surface area contributed by atoms with E-state index in [-0.39, 0.29) is 5.78 Å². The molecule has 1 aromatic heterocycles. The summed E-state index contributed by atoms with van der Waals surface area (Å²) in [6.45, 7) is 1.95. The number of benzene rings is 2. The van der Waals surface area contributed by atoms with Gasteiger partial charge in [0.15, 0.2) is 5.78 Å². The predicted octanol–water partition coefficient (Wildman–Crippen LogP) is 4.05. The molecule has 0 saturated heterocycles. The molecule has 4 heteroatoms. The van der Waals surface area contributed by atoms with Gasteiger partial charge in [-0.15, -0.1) is 0 Å². The number of hydrogen-bond donors (Lipinski definition) is 2. The molecule has 0 unspecified atom stereocenters. The van der Waals surface area contributed by atoms with Crippen molar-refractivity contribution >= 4 is 38.3 Å². The Kier molecular flexibility index (Phi) is 3.10. The second-order valence-corrected chi connectivity index (χ2v) is 5.73. The van der Waals surface area contributed by atoms with Gasteiger partial charge in [-0.3, -0.25) is 4.79 Å². The van der Waals surface area contributed by atoms with Crippen molar-refractivity contribution in [2.24, 2.45) is 0 Å². The van der Waals surface area contributed by atoms with E-state index in [4.69, 9.17) is 5.73 Å². The number of nitrogens with two attached hydrogens (primary N) is 1. The molecule has 3 N–H and O–H groups in total. The quantitative estimate of drug-likeness (QED) is 0.550.